The van der Waals surface area contributed by atoms with Gasteiger partial charge in [0.2, 0.25) is 0 Å². The third-order valence-corrected chi connectivity index (χ3v) is 4.76. The van der Waals surface area contributed by atoms with Crippen molar-refractivity contribution in [3.63, 3.8) is 0 Å². The average Bonchev–Trinajstić information content (AvgIpc) is 2.65. The zero-order chi connectivity index (χ0) is 19.6. The van der Waals surface area contributed by atoms with Crippen molar-refractivity contribution < 1.29 is 14.3 Å². The molecule has 2 amide bonds. The van der Waals surface area contributed by atoms with Crippen molar-refractivity contribution in [2.75, 3.05) is 32.8 Å². The van der Waals surface area contributed by atoms with Crippen molar-refractivity contribution in [3.05, 3.63) is 41.1 Å². The van der Waals surface area contributed by atoms with Crippen molar-refractivity contribution in [2.45, 2.75) is 27.7 Å². The van der Waals surface area contributed by atoms with Crippen molar-refractivity contribution in [2.24, 2.45) is 5.92 Å². The van der Waals surface area contributed by atoms with Gasteiger partial charge in [-0.15, -0.1) is 0 Å². The van der Waals surface area contributed by atoms with Gasteiger partial charge in [-0.25, -0.2) is 4.79 Å². The lowest BCUT2D eigenvalue weighted by atomic mass is 10.1. The smallest absolute Gasteiger partial charge is 0.409 e. The van der Waals surface area contributed by atoms with Crippen molar-refractivity contribution in [1.29, 1.82) is 0 Å². The van der Waals surface area contributed by atoms with Crippen molar-refractivity contribution >= 4 is 22.9 Å². The minimum Gasteiger partial charge on any atom is -0.449 e. The molecule has 6 heteroatoms. The average molecular weight is 369 g/mol. The molecule has 0 aliphatic carbocycles. The number of carbonyl (C=O) groups is 2. The summed E-state index contributed by atoms with van der Waals surface area (Å²) in [5.41, 5.74) is 3.41. The maximum absolute atomic E-state index is 13.0. The van der Waals surface area contributed by atoms with Crippen molar-refractivity contribution in [1.82, 2.24) is 14.8 Å². The number of hydrogen-bond acceptors (Lipinski definition) is 4. The van der Waals surface area contributed by atoms with Crippen LogP contribution in [0.2, 0.25) is 0 Å². The summed E-state index contributed by atoms with van der Waals surface area (Å²) < 4.78 is 5.27. The summed E-state index contributed by atoms with van der Waals surface area (Å²) >= 11 is 0. The van der Waals surface area contributed by atoms with Gasteiger partial charge in [-0.05, 0) is 37.5 Å². The molecule has 0 spiro atoms. The van der Waals surface area contributed by atoms with E-state index in [-0.39, 0.29) is 12.0 Å². The Hall–Kier alpha value is -2.63. The fourth-order valence-electron chi connectivity index (χ4n) is 3.18. The summed E-state index contributed by atoms with van der Waals surface area (Å²) in [5, 5.41) is 0.963. The highest BCUT2D eigenvalue weighted by Gasteiger charge is 2.27. The Balaban J connectivity index is 1.67. The largest absolute Gasteiger partial charge is 0.449 e. The van der Waals surface area contributed by atoms with Gasteiger partial charge in [0.25, 0.3) is 5.91 Å². The monoisotopic (exact) mass is 369 g/mol. The van der Waals surface area contributed by atoms with Crippen LogP contribution in [0.4, 0.5) is 4.79 Å². The van der Waals surface area contributed by atoms with E-state index in [9.17, 15) is 9.59 Å². The van der Waals surface area contributed by atoms with E-state index in [2.05, 4.69) is 4.98 Å². The van der Waals surface area contributed by atoms with Gasteiger partial charge in [-0.1, -0.05) is 26.0 Å². The Kier molecular flexibility index (Phi) is 5.63. The van der Waals surface area contributed by atoms with Crippen LogP contribution in [0, 0.1) is 19.8 Å². The molecule has 0 bridgehead atoms. The van der Waals surface area contributed by atoms with Gasteiger partial charge in [0, 0.05) is 31.6 Å². The molecule has 1 fully saturated rings. The standard InChI is InChI=1S/C21H27N3O3/c1-14(2)13-27-21(26)24-9-7-23(8-10-24)20(25)18-12-17-6-5-15(3)11-19(17)22-16(18)4/h5-6,11-12,14H,7-10,13H2,1-4H3. The van der Waals surface area contributed by atoms with E-state index in [1.807, 2.05) is 52.0 Å². The van der Waals surface area contributed by atoms with Gasteiger partial charge in [-0.2, -0.15) is 0 Å². The van der Waals surface area contributed by atoms with Crippen LogP contribution in [0.3, 0.4) is 0 Å². The summed E-state index contributed by atoms with van der Waals surface area (Å²) in [6.45, 7) is 10.3. The van der Waals surface area contributed by atoms with Crippen LogP contribution < -0.4 is 0 Å². The predicted octanol–water partition coefficient (Wildman–Crippen LogP) is 3.40. The molecule has 144 valence electrons. The molecule has 0 atom stereocenters. The van der Waals surface area contributed by atoms with Crippen molar-refractivity contribution in [3.8, 4) is 0 Å². The number of nitrogens with zero attached hydrogens (tertiary/aromatic N) is 3. The van der Waals surface area contributed by atoms with Gasteiger partial charge < -0.3 is 14.5 Å². The Morgan fingerprint density at radius 3 is 2.41 bits per heavy atom. The summed E-state index contributed by atoms with van der Waals surface area (Å²) in [7, 11) is 0. The fourth-order valence-corrected chi connectivity index (χ4v) is 3.18. The first-order chi connectivity index (χ1) is 12.8. The summed E-state index contributed by atoms with van der Waals surface area (Å²) in [6, 6.07) is 7.96. The van der Waals surface area contributed by atoms with Gasteiger partial charge in [-0.3, -0.25) is 9.78 Å². The number of piperazine rings is 1. The van der Waals surface area contributed by atoms with Gasteiger partial charge in [0.15, 0.2) is 0 Å². The second-order valence-electron chi connectivity index (χ2n) is 7.57. The zero-order valence-corrected chi connectivity index (χ0v) is 16.5. The molecule has 1 aliphatic rings. The highest BCUT2D eigenvalue weighted by atomic mass is 16.6. The molecule has 1 saturated heterocycles. The molecule has 2 heterocycles. The molecule has 0 unspecified atom stereocenters. The number of aryl methyl sites for hydroxylation is 2. The number of aromatic nitrogens is 1. The van der Waals surface area contributed by atoms with Gasteiger partial charge in [0.1, 0.15) is 0 Å². The van der Waals surface area contributed by atoms with E-state index in [4.69, 9.17) is 4.74 Å². The first-order valence-corrected chi connectivity index (χ1v) is 9.44. The Bertz CT molecular complexity index is 855. The molecule has 0 N–H and O–H groups in total. The third kappa shape index (κ3) is 4.38. The highest BCUT2D eigenvalue weighted by molar-refractivity contribution is 5.98. The van der Waals surface area contributed by atoms with E-state index < -0.39 is 0 Å². The number of amides is 2. The molecular weight excluding hydrogens is 342 g/mol. The number of fused-ring (bicyclic) bond motifs is 1. The Labute approximate surface area is 160 Å². The molecule has 2 aromatic rings. The van der Waals surface area contributed by atoms with E-state index in [0.717, 1.165) is 22.2 Å². The van der Waals surface area contributed by atoms with Crippen LogP contribution in [0.25, 0.3) is 10.9 Å². The molecular formula is C21H27N3O3. The molecule has 0 radical (unpaired) electrons. The van der Waals surface area contributed by atoms with Crippen LogP contribution in [0.1, 0.15) is 35.5 Å². The third-order valence-electron chi connectivity index (χ3n) is 4.76. The SMILES string of the molecule is Cc1ccc2cc(C(=O)N3CCN(C(=O)OCC(C)C)CC3)c(C)nc2c1. The van der Waals surface area contributed by atoms with Gasteiger partial charge >= 0.3 is 6.09 Å². The number of rotatable bonds is 3. The molecule has 27 heavy (non-hydrogen) atoms. The van der Waals surface area contributed by atoms with E-state index in [0.29, 0.717) is 44.3 Å². The van der Waals surface area contributed by atoms with Crippen LogP contribution in [0.15, 0.2) is 24.3 Å². The van der Waals surface area contributed by atoms with Crippen LogP contribution in [-0.2, 0) is 4.74 Å². The number of ether oxygens (including phenoxy) is 1. The second kappa shape index (κ2) is 7.94. The lowest BCUT2D eigenvalue weighted by molar-refractivity contribution is 0.0534. The quantitative estimate of drug-likeness (QED) is 0.832. The lowest BCUT2D eigenvalue weighted by Crippen LogP contribution is -2.51. The number of pyridine rings is 1. The molecule has 0 saturated carbocycles. The van der Waals surface area contributed by atoms with Gasteiger partial charge in [0.05, 0.1) is 23.4 Å². The highest BCUT2D eigenvalue weighted by Crippen LogP contribution is 2.20. The maximum atomic E-state index is 13.0. The summed E-state index contributed by atoms with van der Waals surface area (Å²) in [5.74, 6) is 0.279. The molecule has 6 nitrogen and oxygen atoms in total. The van der Waals surface area contributed by atoms with Crippen LogP contribution >= 0.6 is 0 Å². The number of benzene rings is 1. The van der Waals surface area contributed by atoms with Crippen LogP contribution in [0.5, 0.6) is 0 Å². The van der Waals surface area contributed by atoms with E-state index >= 15 is 0 Å². The minimum atomic E-state index is -0.297. The summed E-state index contributed by atoms with van der Waals surface area (Å²) in [4.78, 5) is 33.1. The first-order valence-electron chi connectivity index (χ1n) is 9.44. The second-order valence-corrected chi connectivity index (χ2v) is 7.57. The summed E-state index contributed by atoms with van der Waals surface area (Å²) in [6.07, 6.45) is -0.297. The maximum Gasteiger partial charge on any atom is 0.409 e. The molecule has 1 aromatic carbocycles. The first kappa shape index (κ1) is 19.1. The molecule has 1 aromatic heterocycles. The Morgan fingerprint density at radius 1 is 1.07 bits per heavy atom. The van der Waals surface area contributed by atoms with Crippen LogP contribution in [-0.4, -0.2) is 59.6 Å². The minimum absolute atomic E-state index is 0.0299. The predicted molar refractivity (Wildman–Crippen MR) is 105 cm³/mol. The Morgan fingerprint density at radius 2 is 1.74 bits per heavy atom. The lowest BCUT2D eigenvalue weighted by Gasteiger charge is -2.34. The topological polar surface area (TPSA) is 62.7 Å². The molecule has 1 aliphatic heterocycles. The number of carbonyl (C=O) groups excluding carboxylic acids is 2. The van der Waals surface area contributed by atoms with E-state index in [1.165, 1.54) is 0 Å². The normalized spacial score (nSPS) is 14.7. The zero-order valence-electron chi connectivity index (χ0n) is 16.5. The molecule has 3 rings (SSSR count). The number of hydrogen-bond donors (Lipinski definition) is 0. The van der Waals surface area contributed by atoms with E-state index in [1.54, 1.807) is 9.80 Å². The fraction of sp³-hybridized carbons (Fsp3) is 0.476.